The first-order valence-electron chi connectivity index (χ1n) is 5.33. The van der Waals surface area contributed by atoms with Gasteiger partial charge < -0.3 is 0 Å². The van der Waals surface area contributed by atoms with Crippen LogP contribution in [0.25, 0.3) is 5.57 Å². The third-order valence-electron chi connectivity index (χ3n) is 2.71. The lowest BCUT2D eigenvalue weighted by molar-refractivity contribution is 0.613. The maximum Gasteiger partial charge on any atom is 0.126 e. The van der Waals surface area contributed by atoms with Crippen LogP contribution in [-0.4, -0.2) is 7.85 Å². The van der Waals surface area contributed by atoms with E-state index in [4.69, 9.17) is 7.85 Å². The maximum atomic E-state index is 13.7. The fourth-order valence-electron chi connectivity index (χ4n) is 1.65. The highest BCUT2D eigenvalue weighted by atomic mass is 19.1. The van der Waals surface area contributed by atoms with E-state index in [1.165, 1.54) is 6.07 Å². The van der Waals surface area contributed by atoms with Crippen LogP contribution in [0, 0.1) is 5.82 Å². The second-order valence-corrected chi connectivity index (χ2v) is 3.61. The Balaban J connectivity index is 3.25. The molecule has 2 heteroatoms. The van der Waals surface area contributed by atoms with Gasteiger partial charge in [-0.15, -0.1) is 0 Å². The molecule has 0 saturated carbocycles. The van der Waals surface area contributed by atoms with E-state index in [9.17, 15) is 4.39 Å². The molecule has 0 aliphatic rings. The van der Waals surface area contributed by atoms with Gasteiger partial charge in [0.05, 0.1) is 7.85 Å². The van der Waals surface area contributed by atoms with Gasteiger partial charge in [-0.2, -0.15) is 0 Å². The largest absolute Gasteiger partial charge is 0.207 e. The number of allylic oxidation sites excluding steroid dienone is 1. The Bertz CT molecular complexity index is 369. The lowest BCUT2D eigenvalue weighted by Crippen LogP contribution is -1.99. The maximum absolute atomic E-state index is 13.7. The minimum atomic E-state index is -0.207. The SMILES string of the molecule is [B]Cc1c(F)cc(C(=C)CC)cc1CC. The molecule has 1 rings (SSSR count). The summed E-state index contributed by atoms with van der Waals surface area (Å²) < 4.78 is 13.7. The molecule has 0 spiro atoms. The zero-order valence-corrected chi connectivity index (χ0v) is 9.44. The van der Waals surface area contributed by atoms with Gasteiger partial charge in [0, 0.05) is 0 Å². The smallest absolute Gasteiger partial charge is 0.126 e. The second-order valence-electron chi connectivity index (χ2n) is 3.61. The van der Waals surface area contributed by atoms with Gasteiger partial charge in [0.2, 0.25) is 0 Å². The van der Waals surface area contributed by atoms with E-state index in [0.29, 0.717) is 5.56 Å². The molecule has 0 amide bonds. The Morgan fingerprint density at radius 2 is 2.07 bits per heavy atom. The number of benzene rings is 1. The van der Waals surface area contributed by atoms with Crippen molar-refractivity contribution in [2.45, 2.75) is 33.0 Å². The molecule has 0 atom stereocenters. The van der Waals surface area contributed by atoms with Crippen LogP contribution in [-0.2, 0) is 12.7 Å². The molecule has 0 N–H and O–H groups in total. The average Bonchev–Trinajstić information content (AvgIpc) is 2.26. The molecular formula is C13H16BF. The van der Waals surface area contributed by atoms with Crippen molar-refractivity contribution in [2.24, 2.45) is 0 Å². The summed E-state index contributed by atoms with van der Waals surface area (Å²) in [5.41, 5.74) is 3.48. The van der Waals surface area contributed by atoms with Crippen molar-refractivity contribution in [2.75, 3.05) is 0 Å². The zero-order valence-electron chi connectivity index (χ0n) is 9.44. The minimum absolute atomic E-state index is 0.207. The van der Waals surface area contributed by atoms with Gasteiger partial charge in [-0.1, -0.05) is 32.8 Å². The van der Waals surface area contributed by atoms with E-state index in [1.807, 2.05) is 19.9 Å². The van der Waals surface area contributed by atoms with Crippen LogP contribution in [0.15, 0.2) is 18.7 Å². The highest BCUT2D eigenvalue weighted by molar-refractivity contribution is 6.08. The third-order valence-corrected chi connectivity index (χ3v) is 2.71. The van der Waals surface area contributed by atoms with Gasteiger partial charge in [0.15, 0.2) is 0 Å². The molecule has 1 aromatic carbocycles. The van der Waals surface area contributed by atoms with Gasteiger partial charge >= 0.3 is 0 Å². The van der Waals surface area contributed by atoms with Crippen molar-refractivity contribution >= 4 is 13.4 Å². The van der Waals surface area contributed by atoms with Crippen molar-refractivity contribution in [3.8, 4) is 0 Å². The molecular weight excluding hydrogens is 186 g/mol. The van der Waals surface area contributed by atoms with Crippen molar-refractivity contribution in [3.05, 3.63) is 41.2 Å². The first kappa shape index (κ1) is 12.0. The van der Waals surface area contributed by atoms with Crippen molar-refractivity contribution < 1.29 is 4.39 Å². The lowest BCUT2D eigenvalue weighted by Gasteiger charge is -2.11. The molecule has 0 nitrogen and oxygen atoms in total. The summed E-state index contributed by atoms with van der Waals surface area (Å²) in [6, 6.07) is 3.53. The first-order valence-corrected chi connectivity index (χ1v) is 5.33. The fourth-order valence-corrected chi connectivity index (χ4v) is 1.65. The molecule has 0 saturated heterocycles. The zero-order chi connectivity index (χ0) is 11.4. The van der Waals surface area contributed by atoms with Crippen LogP contribution in [0.3, 0.4) is 0 Å². The highest BCUT2D eigenvalue weighted by Crippen LogP contribution is 2.23. The molecule has 78 valence electrons. The van der Waals surface area contributed by atoms with Gasteiger partial charge in [0.1, 0.15) is 5.82 Å². The lowest BCUT2D eigenvalue weighted by atomic mass is 9.89. The van der Waals surface area contributed by atoms with Crippen LogP contribution in [0.4, 0.5) is 4.39 Å². The summed E-state index contributed by atoms with van der Waals surface area (Å²) in [5, 5.41) is 0. The summed E-state index contributed by atoms with van der Waals surface area (Å²) in [4.78, 5) is 0. The number of hydrogen-bond acceptors (Lipinski definition) is 0. The van der Waals surface area contributed by atoms with Gasteiger partial charge in [-0.25, -0.2) is 4.39 Å². The summed E-state index contributed by atoms with van der Waals surface area (Å²) in [6.07, 6.45) is 1.90. The minimum Gasteiger partial charge on any atom is -0.207 e. The fraction of sp³-hybridized carbons (Fsp3) is 0.385. The standard InChI is InChI=1S/C13H16BF/c1-4-9(3)11-6-10(5-2)12(8-14)13(15)7-11/h6-7H,3-5,8H2,1-2H3. The summed E-state index contributed by atoms with van der Waals surface area (Å²) >= 11 is 0. The second kappa shape index (κ2) is 5.15. The van der Waals surface area contributed by atoms with Crippen molar-refractivity contribution in [1.82, 2.24) is 0 Å². The molecule has 0 aliphatic heterocycles. The van der Waals surface area contributed by atoms with Crippen LogP contribution < -0.4 is 0 Å². The number of halogens is 1. The molecule has 2 radical (unpaired) electrons. The summed E-state index contributed by atoms with van der Waals surface area (Å²) in [7, 11) is 5.52. The van der Waals surface area contributed by atoms with Gasteiger partial charge in [0.25, 0.3) is 0 Å². The number of rotatable bonds is 4. The van der Waals surface area contributed by atoms with Gasteiger partial charge in [-0.05, 0) is 41.2 Å². The van der Waals surface area contributed by atoms with E-state index in [1.54, 1.807) is 0 Å². The number of hydrogen-bond donors (Lipinski definition) is 0. The number of aryl methyl sites for hydroxylation is 1. The molecule has 0 aliphatic carbocycles. The molecule has 0 heterocycles. The van der Waals surface area contributed by atoms with E-state index < -0.39 is 0 Å². The van der Waals surface area contributed by atoms with E-state index in [0.717, 1.165) is 29.5 Å². The molecule has 1 aromatic rings. The first-order chi connectivity index (χ1) is 7.13. The van der Waals surface area contributed by atoms with Crippen LogP contribution in [0.2, 0.25) is 0 Å². The Labute approximate surface area is 92.6 Å². The van der Waals surface area contributed by atoms with E-state index in [2.05, 4.69) is 6.58 Å². The summed E-state index contributed by atoms with van der Waals surface area (Å²) in [6.45, 7) is 7.94. The molecule has 0 unspecified atom stereocenters. The normalized spacial score (nSPS) is 10.3. The molecule has 15 heavy (non-hydrogen) atoms. The molecule has 0 aromatic heterocycles. The Morgan fingerprint density at radius 3 is 2.53 bits per heavy atom. The third kappa shape index (κ3) is 2.50. The molecule has 0 fully saturated rings. The predicted octanol–water partition coefficient (Wildman–Crippen LogP) is 3.48. The Kier molecular flexibility index (Phi) is 4.13. The van der Waals surface area contributed by atoms with Gasteiger partial charge in [-0.3, -0.25) is 0 Å². The topological polar surface area (TPSA) is 0 Å². The van der Waals surface area contributed by atoms with E-state index >= 15 is 0 Å². The van der Waals surface area contributed by atoms with Crippen molar-refractivity contribution in [3.63, 3.8) is 0 Å². The Morgan fingerprint density at radius 1 is 1.40 bits per heavy atom. The van der Waals surface area contributed by atoms with Crippen LogP contribution in [0.5, 0.6) is 0 Å². The van der Waals surface area contributed by atoms with Crippen molar-refractivity contribution in [1.29, 1.82) is 0 Å². The summed E-state index contributed by atoms with van der Waals surface area (Å²) in [5.74, 6) is -0.207. The predicted molar refractivity (Wildman–Crippen MR) is 64.6 cm³/mol. The molecule has 0 bridgehead atoms. The quantitative estimate of drug-likeness (QED) is 0.655. The van der Waals surface area contributed by atoms with Crippen LogP contribution >= 0.6 is 0 Å². The Hall–Kier alpha value is -1.05. The average molecular weight is 202 g/mol. The monoisotopic (exact) mass is 202 g/mol. The highest BCUT2D eigenvalue weighted by Gasteiger charge is 2.08. The van der Waals surface area contributed by atoms with E-state index in [-0.39, 0.29) is 12.1 Å². The van der Waals surface area contributed by atoms with Crippen LogP contribution in [0.1, 0.15) is 37.0 Å².